The average Bonchev–Trinajstić information content (AvgIpc) is 2.27. The van der Waals surface area contributed by atoms with Crippen LogP contribution in [0.3, 0.4) is 0 Å². The smallest absolute Gasteiger partial charge is 0.230 e. The van der Waals surface area contributed by atoms with Crippen molar-refractivity contribution in [2.75, 3.05) is 12.3 Å². The van der Waals surface area contributed by atoms with Crippen LogP contribution in [0, 0.1) is 0 Å². The first-order valence-corrected chi connectivity index (χ1v) is 6.29. The zero-order valence-electron chi connectivity index (χ0n) is 9.56. The largest absolute Gasteiger partial charge is 0.389 e. The highest BCUT2D eigenvalue weighted by atomic mass is 32.2. The molecule has 0 fully saturated rings. The molecular formula is C12H17NO2S. The summed E-state index contributed by atoms with van der Waals surface area (Å²) in [6.45, 7) is 4.29. The first-order valence-electron chi connectivity index (χ1n) is 5.31. The standard InChI is InChI=1S/C12H17NO2S/c1-3-13-12(15)8-16-11-6-4-5-10(7-11)9(2)14/h4-7,9,14H,3,8H2,1-2H3,(H,13,15). The van der Waals surface area contributed by atoms with Crippen molar-refractivity contribution in [1.29, 1.82) is 0 Å². The van der Waals surface area contributed by atoms with Gasteiger partial charge in [0.2, 0.25) is 5.91 Å². The molecule has 16 heavy (non-hydrogen) atoms. The van der Waals surface area contributed by atoms with E-state index in [1.54, 1.807) is 6.92 Å². The second kappa shape index (κ2) is 6.55. The molecule has 0 saturated carbocycles. The van der Waals surface area contributed by atoms with E-state index < -0.39 is 6.10 Å². The van der Waals surface area contributed by atoms with Gasteiger partial charge in [0.05, 0.1) is 11.9 Å². The van der Waals surface area contributed by atoms with E-state index in [4.69, 9.17) is 0 Å². The highest BCUT2D eigenvalue weighted by Gasteiger charge is 2.04. The Balaban J connectivity index is 2.54. The molecule has 1 amide bonds. The van der Waals surface area contributed by atoms with Crippen molar-refractivity contribution >= 4 is 17.7 Å². The van der Waals surface area contributed by atoms with Crippen LogP contribution in [-0.2, 0) is 4.79 Å². The molecule has 0 aliphatic rings. The number of thioether (sulfide) groups is 1. The normalized spacial score (nSPS) is 12.2. The maximum absolute atomic E-state index is 11.3. The van der Waals surface area contributed by atoms with Crippen LogP contribution in [-0.4, -0.2) is 23.3 Å². The van der Waals surface area contributed by atoms with Crippen LogP contribution in [0.1, 0.15) is 25.5 Å². The zero-order valence-corrected chi connectivity index (χ0v) is 10.4. The summed E-state index contributed by atoms with van der Waals surface area (Å²) in [5.41, 5.74) is 0.876. The fraction of sp³-hybridized carbons (Fsp3) is 0.417. The van der Waals surface area contributed by atoms with Gasteiger partial charge in [-0.2, -0.15) is 0 Å². The Morgan fingerprint density at radius 2 is 2.31 bits per heavy atom. The summed E-state index contributed by atoms with van der Waals surface area (Å²) in [5.74, 6) is 0.451. The molecule has 1 rings (SSSR count). The van der Waals surface area contributed by atoms with E-state index in [1.165, 1.54) is 11.8 Å². The molecule has 1 atom stereocenters. The van der Waals surface area contributed by atoms with Crippen LogP contribution in [0.4, 0.5) is 0 Å². The van der Waals surface area contributed by atoms with E-state index >= 15 is 0 Å². The van der Waals surface area contributed by atoms with E-state index in [1.807, 2.05) is 31.2 Å². The third-order valence-electron chi connectivity index (χ3n) is 2.08. The molecule has 3 nitrogen and oxygen atoms in total. The lowest BCUT2D eigenvalue weighted by Gasteiger charge is -2.07. The van der Waals surface area contributed by atoms with Crippen molar-refractivity contribution < 1.29 is 9.90 Å². The molecule has 0 bridgehead atoms. The molecule has 0 aliphatic carbocycles. The third kappa shape index (κ3) is 4.24. The summed E-state index contributed by atoms with van der Waals surface area (Å²) in [6.07, 6.45) is -0.468. The molecule has 0 aliphatic heterocycles. The number of carbonyl (C=O) groups is 1. The fourth-order valence-electron chi connectivity index (χ4n) is 1.26. The lowest BCUT2D eigenvalue weighted by molar-refractivity contribution is -0.118. The number of aliphatic hydroxyl groups is 1. The van der Waals surface area contributed by atoms with Gasteiger partial charge < -0.3 is 10.4 Å². The van der Waals surface area contributed by atoms with Gasteiger partial charge in [-0.25, -0.2) is 0 Å². The van der Waals surface area contributed by atoms with Gasteiger partial charge in [-0.05, 0) is 31.5 Å². The summed E-state index contributed by atoms with van der Waals surface area (Å²) < 4.78 is 0. The summed E-state index contributed by atoms with van der Waals surface area (Å²) in [6, 6.07) is 7.62. The van der Waals surface area contributed by atoms with Crippen molar-refractivity contribution in [2.24, 2.45) is 0 Å². The van der Waals surface area contributed by atoms with E-state index in [9.17, 15) is 9.90 Å². The summed E-state index contributed by atoms with van der Waals surface area (Å²) in [7, 11) is 0. The maximum Gasteiger partial charge on any atom is 0.230 e. The predicted octanol–water partition coefficient (Wildman–Crippen LogP) is 1.97. The number of benzene rings is 1. The number of amides is 1. The average molecular weight is 239 g/mol. The topological polar surface area (TPSA) is 49.3 Å². The van der Waals surface area contributed by atoms with Crippen LogP contribution in [0.15, 0.2) is 29.2 Å². The molecule has 0 radical (unpaired) electrons. The molecular weight excluding hydrogens is 222 g/mol. The number of nitrogens with one attached hydrogen (secondary N) is 1. The van der Waals surface area contributed by atoms with Crippen LogP contribution >= 0.6 is 11.8 Å². The van der Waals surface area contributed by atoms with E-state index in [0.29, 0.717) is 12.3 Å². The van der Waals surface area contributed by atoms with E-state index in [0.717, 1.165) is 10.5 Å². The van der Waals surface area contributed by atoms with Crippen molar-refractivity contribution in [3.8, 4) is 0 Å². The van der Waals surface area contributed by atoms with Gasteiger partial charge in [-0.1, -0.05) is 12.1 Å². The Morgan fingerprint density at radius 1 is 1.56 bits per heavy atom. The molecule has 2 N–H and O–H groups in total. The Kier molecular flexibility index (Phi) is 5.35. The minimum Gasteiger partial charge on any atom is -0.389 e. The van der Waals surface area contributed by atoms with Crippen molar-refractivity contribution in [1.82, 2.24) is 5.32 Å². The highest BCUT2D eigenvalue weighted by molar-refractivity contribution is 8.00. The molecule has 1 aromatic rings. The number of aliphatic hydroxyl groups excluding tert-OH is 1. The second-order valence-corrected chi connectivity index (χ2v) is 4.54. The van der Waals surface area contributed by atoms with Gasteiger partial charge in [0.15, 0.2) is 0 Å². The van der Waals surface area contributed by atoms with Crippen LogP contribution in [0.25, 0.3) is 0 Å². The molecule has 88 valence electrons. The van der Waals surface area contributed by atoms with Gasteiger partial charge >= 0.3 is 0 Å². The summed E-state index contributed by atoms with van der Waals surface area (Å²) in [4.78, 5) is 12.3. The predicted molar refractivity (Wildman–Crippen MR) is 66.5 cm³/mol. The minimum atomic E-state index is -0.468. The lowest BCUT2D eigenvalue weighted by Crippen LogP contribution is -2.24. The third-order valence-corrected chi connectivity index (χ3v) is 3.08. The number of rotatable bonds is 5. The second-order valence-electron chi connectivity index (χ2n) is 3.49. The van der Waals surface area contributed by atoms with Crippen molar-refractivity contribution in [3.05, 3.63) is 29.8 Å². The van der Waals surface area contributed by atoms with Crippen LogP contribution in [0.2, 0.25) is 0 Å². The number of hydrogen-bond acceptors (Lipinski definition) is 3. The fourth-order valence-corrected chi connectivity index (χ4v) is 2.06. The maximum atomic E-state index is 11.3. The Hall–Kier alpha value is -1.00. The SMILES string of the molecule is CCNC(=O)CSc1cccc(C(C)O)c1. The van der Waals surface area contributed by atoms with Crippen LogP contribution < -0.4 is 5.32 Å². The molecule has 0 heterocycles. The Labute approximate surface area is 100 Å². The van der Waals surface area contributed by atoms with Crippen molar-refractivity contribution in [3.63, 3.8) is 0 Å². The molecule has 0 saturated heterocycles. The molecule has 1 unspecified atom stereocenters. The lowest BCUT2D eigenvalue weighted by atomic mass is 10.1. The monoisotopic (exact) mass is 239 g/mol. The van der Waals surface area contributed by atoms with Crippen molar-refractivity contribution in [2.45, 2.75) is 24.8 Å². The molecule has 0 spiro atoms. The van der Waals surface area contributed by atoms with E-state index in [-0.39, 0.29) is 5.91 Å². The highest BCUT2D eigenvalue weighted by Crippen LogP contribution is 2.21. The quantitative estimate of drug-likeness (QED) is 0.772. The molecule has 0 aromatic heterocycles. The van der Waals surface area contributed by atoms with Crippen LogP contribution in [0.5, 0.6) is 0 Å². The first-order chi connectivity index (χ1) is 7.63. The Morgan fingerprint density at radius 3 is 2.94 bits per heavy atom. The molecule has 4 heteroatoms. The first kappa shape index (κ1) is 13.1. The van der Waals surface area contributed by atoms with E-state index in [2.05, 4.69) is 5.32 Å². The van der Waals surface area contributed by atoms with Gasteiger partial charge in [0.1, 0.15) is 0 Å². The minimum absolute atomic E-state index is 0.0370. The zero-order chi connectivity index (χ0) is 12.0. The summed E-state index contributed by atoms with van der Waals surface area (Å²) >= 11 is 1.48. The number of carbonyl (C=O) groups excluding carboxylic acids is 1. The van der Waals surface area contributed by atoms with Gasteiger partial charge in [0.25, 0.3) is 0 Å². The summed E-state index contributed by atoms with van der Waals surface area (Å²) in [5, 5.41) is 12.2. The van der Waals surface area contributed by atoms with Gasteiger partial charge in [-0.3, -0.25) is 4.79 Å². The Bertz CT molecular complexity index is 353. The van der Waals surface area contributed by atoms with Gasteiger partial charge in [-0.15, -0.1) is 11.8 Å². The molecule has 1 aromatic carbocycles. The van der Waals surface area contributed by atoms with Gasteiger partial charge in [0, 0.05) is 11.4 Å². The number of hydrogen-bond donors (Lipinski definition) is 2.